The van der Waals surface area contributed by atoms with E-state index in [0.29, 0.717) is 18.4 Å². The molecule has 0 aliphatic carbocycles. The molecule has 1 aromatic rings. The number of nitrogens with two attached hydrogens (primary N) is 1. The zero-order valence-electron chi connectivity index (χ0n) is 8.13. The highest BCUT2D eigenvalue weighted by Crippen LogP contribution is 2.25. The number of hydrogen-bond donors (Lipinski definition) is 1. The molecule has 0 amide bonds. The summed E-state index contributed by atoms with van der Waals surface area (Å²) in [6.07, 6.45) is 0. The van der Waals surface area contributed by atoms with Gasteiger partial charge in [0.2, 0.25) is 0 Å². The van der Waals surface area contributed by atoms with Gasteiger partial charge in [0, 0.05) is 5.02 Å². The van der Waals surface area contributed by atoms with Gasteiger partial charge in [-0.2, -0.15) is 0 Å². The monoisotopic (exact) mass is 197 g/mol. The molecule has 0 spiro atoms. The minimum atomic E-state index is 0.415. The maximum Gasteiger partial charge on any atom is 0.0408 e. The predicted octanol–water partition coefficient (Wildman–Crippen LogP) is 3.04. The highest BCUT2D eigenvalue weighted by molar-refractivity contribution is 6.30. The van der Waals surface area contributed by atoms with Gasteiger partial charge in [0.15, 0.2) is 0 Å². The van der Waals surface area contributed by atoms with E-state index in [1.54, 1.807) is 0 Å². The molecule has 0 aliphatic heterocycles. The Morgan fingerprint density at radius 1 is 1.38 bits per heavy atom. The lowest BCUT2D eigenvalue weighted by molar-refractivity contribution is 0.506. The minimum absolute atomic E-state index is 0.415. The first kappa shape index (κ1) is 10.6. The van der Waals surface area contributed by atoms with Gasteiger partial charge in [0.25, 0.3) is 0 Å². The summed E-state index contributed by atoms with van der Waals surface area (Å²) in [5, 5.41) is 0.789. The smallest absolute Gasteiger partial charge is 0.0408 e. The van der Waals surface area contributed by atoms with E-state index in [0.717, 1.165) is 5.02 Å². The Hall–Kier alpha value is -0.530. The van der Waals surface area contributed by atoms with E-state index in [1.165, 1.54) is 5.56 Å². The number of rotatable bonds is 3. The lowest BCUT2D eigenvalue weighted by atomic mass is 9.89. The molecule has 72 valence electrons. The van der Waals surface area contributed by atoms with Crippen LogP contribution < -0.4 is 5.73 Å². The molecule has 0 saturated carbocycles. The fourth-order valence-corrected chi connectivity index (χ4v) is 1.73. The van der Waals surface area contributed by atoms with Crippen molar-refractivity contribution in [3.8, 4) is 0 Å². The maximum absolute atomic E-state index is 5.91. The molecular weight excluding hydrogens is 182 g/mol. The van der Waals surface area contributed by atoms with Gasteiger partial charge in [-0.25, -0.2) is 0 Å². The van der Waals surface area contributed by atoms with Crippen LogP contribution in [0, 0.1) is 5.92 Å². The van der Waals surface area contributed by atoms with Crippen LogP contribution in [-0.2, 0) is 0 Å². The van der Waals surface area contributed by atoms with Crippen LogP contribution in [0.15, 0.2) is 24.3 Å². The lowest BCUT2D eigenvalue weighted by Gasteiger charge is -2.19. The van der Waals surface area contributed by atoms with Gasteiger partial charge < -0.3 is 5.73 Å². The summed E-state index contributed by atoms with van der Waals surface area (Å²) in [5.41, 5.74) is 6.95. The van der Waals surface area contributed by atoms with Gasteiger partial charge in [0.1, 0.15) is 0 Å². The van der Waals surface area contributed by atoms with Crippen LogP contribution in [0.2, 0.25) is 5.02 Å². The quantitative estimate of drug-likeness (QED) is 0.792. The Labute approximate surface area is 84.9 Å². The standard InChI is InChI=1S/C11H16ClN/c1-8(2)11(7-13)9-4-3-5-10(12)6-9/h3-6,8,11H,7,13H2,1-2H3. The van der Waals surface area contributed by atoms with Crippen molar-refractivity contribution in [2.75, 3.05) is 6.54 Å². The summed E-state index contributed by atoms with van der Waals surface area (Å²) in [6.45, 7) is 5.04. The average molecular weight is 198 g/mol. The molecule has 1 unspecified atom stereocenters. The molecule has 2 N–H and O–H groups in total. The summed E-state index contributed by atoms with van der Waals surface area (Å²) in [6, 6.07) is 7.95. The predicted molar refractivity (Wildman–Crippen MR) is 58.1 cm³/mol. The normalized spacial score (nSPS) is 13.3. The van der Waals surface area contributed by atoms with Gasteiger partial charge >= 0.3 is 0 Å². The lowest BCUT2D eigenvalue weighted by Crippen LogP contribution is -2.17. The molecule has 1 rings (SSSR count). The second-order valence-electron chi connectivity index (χ2n) is 3.64. The van der Waals surface area contributed by atoms with E-state index in [4.69, 9.17) is 17.3 Å². The largest absolute Gasteiger partial charge is 0.330 e. The molecule has 1 atom stereocenters. The second-order valence-corrected chi connectivity index (χ2v) is 4.08. The Morgan fingerprint density at radius 2 is 2.08 bits per heavy atom. The zero-order valence-corrected chi connectivity index (χ0v) is 8.88. The van der Waals surface area contributed by atoms with Crippen LogP contribution >= 0.6 is 11.6 Å². The van der Waals surface area contributed by atoms with Crippen molar-refractivity contribution < 1.29 is 0 Å². The zero-order chi connectivity index (χ0) is 9.84. The molecule has 1 nitrogen and oxygen atoms in total. The highest BCUT2D eigenvalue weighted by Gasteiger charge is 2.13. The van der Waals surface area contributed by atoms with Crippen LogP contribution in [0.1, 0.15) is 25.3 Å². The van der Waals surface area contributed by atoms with E-state index in [-0.39, 0.29) is 0 Å². The van der Waals surface area contributed by atoms with Gasteiger partial charge in [-0.05, 0) is 36.1 Å². The van der Waals surface area contributed by atoms with Gasteiger partial charge in [0.05, 0.1) is 0 Å². The Kier molecular flexibility index (Phi) is 3.76. The van der Waals surface area contributed by atoms with Crippen LogP contribution in [0.4, 0.5) is 0 Å². The van der Waals surface area contributed by atoms with Crippen molar-refractivity contribution in [3.05, 3.63) is 34.9 Å². The molecule has 0 radical (unpaired) electrons. The molecule has 0 aliphatic rings. The molecule has 13 heavy (non-hydrogen) atoms. The molecule has 0 fully saturated rings. The third-order valence-electron chi connectivity index (χ3n) is 2.34. The molecule has 0 saturated heterocycles. The third kappa shape index (κ3) is 2.71. The first-order valence-electron chi connectivity index (χ1n) is 4.60. The van der Waals surface area contributed by atoms with Crippen LogP contribution in [0.25, 0.3) is 0 Å². The number of halogens is 1. The Bertz CT molecular complexity index is 271. The van der Waals surface area contributed by atoms with Crippen molar-refractivity contribution >= 4 is 11.6 Å². The van der Waals surface area contributed by atoms with Crippen molar-refractivity contribution in [2.45, 2.75) is 19.8 Å². The summed E-state index contributed by atoms with van der Waals surface area (Å²) in [5.74, 6) is 0.974. The molecule has 0 bridgehead atoms. The molecule has 1 aromatic carbocycles. The fraction of sp³-hybridized carbons (Fsp3) is 0.455. The molecule has 2 heteroatoms. The Morgan fingerprint density at radius 3 is 2.54 bits per heavy atom. The summed E-state index contributed by atoms with van der Waals surface area (Å²) in [4.78, 5) is 0. The first-order valence-corrected chi connectivity index (χ1v) is 4.98. The second kappa shape index (κ2) is 4.64. The summed E-state index contributed by atoms with van der Waals surface area (Å²) in [7, 11) is 0. The molecule has 0 heterocycles. The van der Waals surface area contributed by atoms with Crippen LogP contribution in [-0.4, -0.2) is 6.54 Å². The highest BCUT2D eigenvalue weighted by atomic mass is 35.5. The van der Waals surface area contributed by atoms with Crippen molar-refractivity contribution in [1.29, 1.82) is 0 Å². The van der Waals surface area contributed by atoms with Crippen LogP contribution in [0.5, 0.6) is 0 Å². The summed E-state index contributed by atoms with van der Waals surface area (Å²) < 4.78 is 0. The van der Waals surface area contributed by atoms with Crippen molar-refractivity contribution in [1.82, 2.24) is 0 Å². The van der Waals surface area contributed by atoms with Crippen molar-refractivity contribution in [3.63, 3.8) is 0 Å². The third-order valence-corrected chi connectivity index (χ3v) is 2.57. The van der Waals surface area contributed by atoms with E-state index in [1.807, 2.05) is 18.2 Å². The van der Waals surface area contributed by atoms with E-state index in [9.17, 15) is 0 Å². The average Bonchev–Trinajstić information content (AvgIpc) is 2.04. The topological polar surface area (TPSA) is 26.0 Å². The van der Waals surface area contributed by atoms with Gasteiger partial charge in [-0.15, -0.1) is 0 Å². The molecular formula is C11H16ClN. The fourth-order valence-electron chi connectivity index (χ4n) is 1.53. The van der Waals surface area contributed by atoms with Gasteiger partial charge in [-0.3, -0.25) is 0 Å². The SMILES string of the molecule is CC(C)C(CN)c1cccc(Cl)c1. The van der Waals surface area contributed by atoms with Crippen molar-refractivity contribution in [2.24, 2.45) is 11.7 Å². The minimum Gasteiger partial charge on any atom is -0.330 e. The van der Waals surface area contributed by atoms with E-state index < -0.39 is 0 Å². The Balaban J connectivity index is 2.91. The molecule has 0 aromatic heterocycles. The first-order chi connectivity index (χ1) is 6.15. The summed E-state index contributed by atoms with van der Waals surface area (Å²) >= 11 is 5.91. The van der Waals surface area contributed by atoms with E-state index >= 15 is 0 Å². The number of benzene rings is 1. The van der Waals surface area contributed by atoms with Gasteiger partial charge in [-0.1, -0.05) is 37.6 Å². The van der Waals surface area contributed by atoms with Crippen LogP contribution in [0.3, 0.4) is 0 Å². The van der Waals surface area contributed by atoms with E-state index in [2.05, 4.69) is 19.9 Å². The maximum atomic E-state index is 5.91. The number of hydrogen-bond acceptors (Lipinski definition) is 1.